The Bertz CT molecular complexity index is 1120. The number of hydrogen-bond donors (Lipinski definition) is 1. The Morgan fingerprint density at radius 1 is 1.06 bits per heavy atom. The van der Waals surface area contributed by atoms with Crippen molar-refractivity contribution in [2.45, 2.75) is 50.5 Å². The van der Waals surface area contributed by atoms with Gasteiger partial charge in [-0.1, -0.05) is 18.2 Å². The summed E-state index contributed by atoms with van der Waals surface area (Å²) in [5.41, 5.74) is 3.60. The molecule has 1 N–H and O–H groups in total. The largest absolute Gasteiger partial charge is 0.481 e. The van der Waals surface area contributed by atoms with Crippen molar-refractivity contribution in [3.63, 3.8) is 0 Å². The molecule has 0 radical (unpaired) electrons. The van der Waals surface area contributed by atoms with Gasteiger partial charge in [0.1, 0.15) is 5.75 Å². The van der Waals surface area contributed by atoms with E-state index in [0.29, 0.717) is 37.4 Å². The number of fused-ring (bicyclic) bond motifs is 1. The average molecular weight is 472 g/mol. The fourth-order valence-corrected chi connectivity index (χ4v) is 6.14. The summed E-state index contributed by atoms with van der Waals surface area (Å²) in [7, 11) is -1.64. The van der Waals surface area contributed by atoms with E-state index in [2.05, 4.69) is 16.3 Å². The molecule has 2 aromatic rings. The number of likely N-dealkylation sites (N-methyl/N-ethyl adjacent to an activating group) is 1. The van der Waals surface area contributed by atoms with Crippen molar-refractivity contribution >= 4 is 21.6 Å². The van der Waals surface area contributed by atoms with Crippen molar-refractivity contribution in [2.75, 3.05) is 38.5 Å². The number of amides is 1. The highest BCUT2D eigenvalue weighted by molar-refractivity contribution is 7.89. The molecule has 178 valence electrons. The predicted molar refractivity (Wildman–Crippen MR) is 129 cm³/mol. The molecule has 4 rings (SSSR count). The Balaban J connectivity index is 1.47. The molecule has 7 nitrogen and oxygen atoms in total. The van der Waals surface area contributed by atoms with Gasteiger partial charge >= 0.3 is 0 Å². The van der Waals surface area contributed by atoms with E-state index in [9.17, 15) is 13.2 Å². The number of sulfonamides is 1. The van der Waals surface area contributed by atoms with Crippen LogP contribution in [0, 0.1) is 6.92 Å². The van der Waals surface area contributed by atoms with E-state index in [4.69, 9.17) is 4.74 Å². The molecule has 1 amide bonds. The van der Waals surface area contributed by atoms with Crippen LogP contribution in [0.2, 0.25) is 0 Å². The predicted octanol–water partition coefficient (Wildman–Crippen LogP) is 3.22. The number of anilines is 1. The van der Waals surface area contributed by atoms with Crippen molar-refractivity contribution in [2.24, 2.45) is 0 Å². The zero-order valence-corrected chi connectivity index (χ0v) is 20.5. The maximum absolute atomic E-state index is 13.2. The van der Waals surface area contributed by atoms with E-state index in [1.165, 1.54) is 21.9 Å². The van der Waals surface area contributed by atoms with Crippen LogP contribution in [0.25, 0.3) is 0 Å². The van der Waals surface area contributed by atoms with E-state index >= 15 is 0 Å². The van der Waals surface area contributed by atoms with Gasteiger partial charge in [0.05, 0.1) is 4.90 Å². The summed E-state index contributed by atoms with van der Waals surface area (Å²) in [6, 6.07) is 11.0. The molecule has 1 unspecified atom stereocenters. The van der Waals surface area contributed by atoms with Gasteiger partial charge in [0.15, 0.2) is 6.10 Å². The van der Waals surface area contributed by atoms with Crippen LogP contribution in [0.15, 0.2) is 41.3 Å². The van der Waals surface area contributed by atoms with Gasteiger partial charge in [-0.05, 0) is 81.5 Å². The van der Waals surface area contributed by atoms with Gasteiger partial charge < -0.3 is 15.0 Å². The van der Waals surface area contributed by atoms with E-state index in [1.807, 2.05) is 19.2 Å². The lowest BCUT2D eigenvalue weighted by molar-refractivity contribution is -0.122. The number of piperazine rings is 1. The van der Waals surface area contributed by atoms with Crippen LogP contribution in [-0.4, -0.2) is 62.9 Å². The van der Waals surface area contributed by atoms with Gasteiger partial charge in [0.2, 0.25) is 10.0 Å². The van der Waals surface area contributed by atoms with Crippen molar-refractivity contribution in [1.82, 2.24) is 9.21 Å². The van der Waals surface area contributed by atoms with Crippen molar-refractivity contribution in [3.8, 4) is 5.75 Å². The second-order valence-corrected chi connectivity index (χ2v) is 10.9. The molecule has 0 spiro atoms. The third kappa shape index (κ3) is 5.23. The number of carbonyl (C=O) groups excluding carboxylic acids is 1. The minimum absolute atomic E-state index is 0.232. The lowest BCUT2D eigenvalue weighted by atomic mass is 9.91. The topological polar surface area (TPSA) is 78.9 Å². The number of nitrogens with zero attached hydrogens (tertiary/aromatic N) is 2. The summed E-state index contributed by atoms with van der Waals surface area (Å²) in [4.78, 5) is 15.2. The van der Waals surface area contributed by atoms with Gasteiger partial charge in [-0.3, -0.25) is 4.79 Å². The smallest absolute Gasteiger partial charge is 0.265 e. The lowest BCUT2D eigenvalue weighted by Gasteiger charge is -2.32. The molecular weight excluding hydrogens is 438 g/mol. The van der Waals surface area contributed by atoms with Crippen molar-refractivity contribution in [1.29, 1.82) is 0 Å². The van der Waals surface area contributed by atoms with Crippen LogP contribution >= 0.6 is 0 Å². The van der Waals surface area contributed by atoms with Crippen LogP contribution in [0.1, 0.15) is 36.5 Å². The zero-order chi connectivity index (χ0) is 23.6. The number of nitrogens with one attached hydrogen (secondary N) is 1. The molecule has 1 atom stereocenters. The Hall–Kier alpha value is -2.42. The molecular formula is C25H33N3O4S. The first-order valence-corrected chi connectivity index (χ1v) is 13.1. The van der Waals surface area contributed by atoms with Gasteiger partial charge in [0.25, 0.3) is 5.91 Å². The highest BCUT2D eigenvalue weighted by Crippen LogP contribution is 2.30. The van der Waals surface area contributed by atoms with E-state index in [-0.39, 0.29) is 10.8 Å². The normalized spacial score (nSPS) is 18.4. The molecule has 0 aromatic heterocycles. The Labute approximate surface area is 196 Å². The third-order valence-electron chi connectivity index (χ3n) is 6.56. The number of aryl methyl sites for hydroxylation is 2. The minimum Gasteiger partial charge on any atom is -0.481 e. The number of rotatable bonds is 6. The van der Waals surface area contributed by atoms with Crippen LogP contribution in [0.5, 0.6) is 5.75 Å². The first kappa shape index (κ1) is 23.7. The SMILES string of the molecule is Cc1ccc(NC(=O)C(C)Oc2cccc3c2CCCC3)cc1S(=O)(=O)N1CCN(C)CC1. The Kier molecular flexibility index (Phi) is 7.07. The maximum atomic E-state index is 13.2. The first-order chi connectivity index (χ1) is 15.8. The molecule has 2 aliphatic rings. The molecule has 8 heteroatoms. The van der Waals surface area contributed by atoms with E-state index < -0.39 is 16.1 Å². The first-order valence-electron chi connectivity index (χ1n) is 11.6. The van der Waals surface area contributed by atoms with Gasteiger partial charge in [-0.2, -0.15) is 4.31 Å². The maximum Gasteiger partial charge on any atom is 0.265 e. The van der Waals surface area contributed by atoms with E-state index in [0.717, 1.165) is 25.0 Å². The molecule has 0 saturated carbocycles. The molecule has 33 heavy (non-hydrogen) atoms. The van der Waals surface area contributed by atoms with Crippen LogP contribution in [0.4, 0.5) is 5.69 Å². The molecule has 1 aliphatic heterocycles. The molecule has 1 aliphatic carbocycles. The summed E-state index contributed by atoms with van der Waals surface area (Å²) in [5, 5.41) is 2.84. The highest BCUT2D eigenvalue weighted by atomic mass is 32.2. The van der Waals surface area contributed by atoms with Gasteiger partial charge in [-0.25, -0.2) is 8.42 Å². The summed E-state index contributed by atoms with van der Waals surface area (Å²) in [6.45, 7) is 5.81. The Morgan fingerprint density at radius 2 is 1.79 bits per heavy atom. The molecule has 1 heterocycles. The molecule has 1 fully saturated rings. The number of ether oxygens (including phenoxy) is 1. The van der Waals surface area contributed by atoms with Crippen molar-refractivity contribution < 1.29 is 17.9 Å². The standard InChI is InChI=1S/C25H33N3O4S/c1-18-11-12-21(17-24(18)33(30,31)28-15-13-27(3)14-16-28)26-25(29)19(2)32-23-10-6-8-20-7-4-5-9-22(20)23/h6,8,10-12,17,19H,4-5,7,9,13-16H2,1-3H3,(H,26,29). The Morgan fingerprint density at radius 3 is 2.55 bits per heavy atom. The zero-order valence-electron chi connectivity index (χ0n) is 19.6. The number of hydrogen-bond acceptors (Lipinski definition) is 5. The quantitative estimate of drug-likeness (QED) is 0.700. The van der Waals surface area contributed by atoms with Crippen LogP contribution in [0.3, 0.4) is 0 Å². The van der Waals surface area contributed by atoms with Gasteiger partial charge in [0, 0.05) is 31.9 Å². The summed E-state index contributed by atoms with van der Waals surface area (Å²) < 4.78 is 34.0. The fourth-order valence-electron chi connectivity index (χ4n) is 4.47. The minimum atomic E-state index is -3.63. The van der Waals surface area contributed by atoms with Crippen LogP contribution < -0.4 is 10.1 Å². The summed E-state index contributed by atoms with van der Waals surface area (Å²) >= 11 is 0. The molecule has 0 bridgehead atoms. The molecule has 2 aromatic carbocycles. The monoisotopic (exact) mass is 471 g/mol. The van der Waals surface area contributed by atoms with E-state index in [1.54, 1.807) is 32.0 Å². The molecule has 1 saturated heterocycles. The fraction of sp³-hybridized carbons (Fsp3) is 0.480. The van der Waals surface area contributed by atoms with Crippen molar-refractivity contribution in [3.05, 3.63) is 53.1 Å². The summed E-state index contributed by atoms with van der Waals surface area (Å²) in [5.74, 6) is 0.451. The number of benzene rings is 2. The summed E-state index contributed by atoms with van der Waals surface area (Å²) in [6.07, 6.45) is 3.60. The van der Waals surface area contributed by atoms with Crippen LogP contribution in [-0.2, 0) is 27.7 Å². The average Bonchev–Trinajstić information content (AvgIpc) is 2.80. The number of carbonyl (C=O) groups is 1. The second kappa shape index (κ2) is 9.83. The highest BCUT2D eigenvalue weighted by Gasteiger charge is 2.29. The lowest BCUT2D eigenvalue weighted by Crippen LogP contribution is -2.47. The van der Waals surface area contributed by atoms with Gasteiger partial charge in [-0.15, -0.1) is 0 Å². The second-order valence-electron chi connectivity index (χ2n) is 9.04. The third-order valence-corrected chi connectivity index (χ3v) is 8.60.